The van der Waals surface area contributed by atoms with Crippen molar-refractivity contribution >= 4 is 0 Å². The minimum Gasteiger partial charge on any atom is -0.393 e. The lowest BCUT2D eigenvalue weighted by Crippen LogP contribution is -2.15. The van der Waals surface area contributed by atoms with Crippen molar-refractivity contribution < 1.29 is 5.11 Å². The molecule has 0 aliphatic heterocycles. The van der Waals surface area contributed by atoms with Gasteiger partial charge in [-0.15, -0.1) is 0 Å². The Kier molecular flexibility index (Phi) is 4.72. The van der Waals surface area contributed by atoms with Gasteiger partial charge in [-0.3, -0.25) is 0 Å². The third kappa shape index (κ3) is 5.80. The van der Waals surface area contributed by atoms with Crippen LogP contribution in [0.5, 0.6) is 0 Å². The van der Waals surface area contributed by atoms with Crippen molar-refractivity contribution in [3.63, 3.8) is 0 Å². The summed E-state index contributed by atoms with van der Waals surface area (Å²) in [5.74, 6) is 0.576. The van der Waals surface area contributed by atoms with Gasteiger partial charge in [0.1, 0.15) is 0 Å². The zero-order chi connectivity index (χ0) is 7.28. The van der Waals surface area contributed by atoms with E-state index in [1.165, 1.54) is 0 Å². The molecule has 3 N–H and O–H groups in total. The fourth-order valence-corrected chi connectivity index (χ4v) is 0.854. The summed E-state index contributed by atoms with van der Waals surface area (Å²) >= 11 is 0. The summed E-state index contributed by atoms with van der Waals surface area (Å²) in [6.07, 6.45) is 1.42. The van der Waals surface area contributed by atoms with E-state index in [0.29, 0.717) is 12.5 Å². The molecule has 0 aliphatic rings. The van der Waals surface area contributed by atoms with E-state index in [2.05, 4.69) is 13.8 Å². The van der Waals surface area contributed by atoms with Gasteiger partial charge >= 0.3 is 0 Å². The second-order valence-electron chi connectivity index (χ2n) is 2.86. The molecule has 0 aliphatic carbocycles. The molecule has 0 aromatic rings. The van der Waals surface area contributed by atoms with Gasteiger partial charge in [-0.1, -0.05) is 13.8 Å². The monoisotopic (exact) mass is 131 g/mol. The molecule has 0 radical (unpaired) electrons. The van der Waals surface area contributed by atoms with Gasteiger partial charge in [0.05, 0.1) is 6.10 Å². The van der Waals surface area contributed by atoms with Crippen molar-refractivity contribution in [2.45, 2.75) is 32.8 Å². The second kappa shape index (κ2) is 4.77. The minimum absolute atomic E-state index is 0.185. The fraction of sp³-hybridized carbons (Fsp3) is 1.00. The Morgan fingerprint density at radius 1 is 1.44 bits per heavy atom. The molecule has 0 unspecified atom stereocenters. The van der Waals surface area contributed by atoms with Gasteiger partial charge in [0, 0.05) is 0 Å². The first-order valence-electron chi connectivity index (χ1n) is 3.55. The molecule has 0 aromatic heterocycles. The smallest absolute Gasteiger partial charge is 0.0554 e. The molecule has 2 heteroatoms. The molecule has 0 bridgehead atoms. The van der Waals surface area contributed by atoms with Gasteiger partial charge in [0.15, 0.2) is 0 Å². The predicted octanol–water partition coefficient (Wildman–Crippen LogP) is 0.742. The van der Waals surface area contributed by atoms with Crippen LogP contribution in [0.2, 0.25) is 0 Å². The van der Waals surface area contributed by atoms with E-state index in [4.69, 9.17) is 10.8 Å². The van der Waals surface area contributed by atoms with Crippen LogP contribution < -0.4 is 5.73 Å². The number of aliphatic hydroxyl groups is 1. The Balaban J connectivity index is 3.15. The third-order valence-electron chi connectivity index (χ3n) is 1.24. The molecule has 56 valence electrons. The summed E-state index contributed by atoms with van der Waals surface area (Å²) in [4.78, 5) is 0. The van der Waals surface area contributed by atoms with E-state index in [-0.39, 0.29) is 6.10 Å². The normalized spacial score (nSPS) is 14.3. The summed E-state index contributed by atoms with van der Waals surface area (Å²) < 4.78 is 0. The Bertz CT molecular complexity index is 63.9. The topological polar surface area (TPSA) is 46.2 Å². The standard InChI is InChI=1S/C7H17NO/c1-6(2)5-7(9)3-4-8/h6-7,9H,3-5,8H2,1-2H3/t7-/m1/s1. The summed E-state index contributed by atoms with van der Waals surface area (Å²) in [5.41, 5.74) is 5.25. The Labute approximate surface area is 57.1 Å². The van der Waals surface area contributed by atoms with Crippen molar-refractivity contribution in [1.29, 1.82) is 0 Å². The van der Waals surface area contributed by atoms with Gasteiger partial charge < -0.3 is 10.8 Å². The lowest BCUT2D eigenvalue weighted by molar-refractivity contribution is 0.142. The van der Waals surface area contributed by atoms with Crippen LogP contribution in [-0.2, 0) is 0 Å². The van der Waals surface area contributed by atoms with Crippen LogP contribution in [0.4, 0.5) is 0 Å². The number of nitrogens with two attached hydrogens (primary N) is 1. The van der Waals surface area contributed by atoms with Crippen LogP contribution in [0.1, 0.15) is 26.7 Å². The lowest BCUT2D eigenvalue weighted by atomic mass is 10.0. The first-order valence-corrected chi connectivity index (χ1v) is 3.55. The van der Waals surface area contributed by atoms with Crippen LogP contribution >= 0.6 is 0 Å². The number of hydrogen-bond donors (Lipinski definition) is 2. The van der Waals surface area contributed by atoms with Gasteiger partial charge in [0.2, 0.25) is 0 Å². The molecule has 0 amide bonds. The van der Waals surface area contributed by atoms with Gasteiger partial charge in [-0.05, 0) is 25.3 Å². The summed E-state index contributed by atoms with van der Waals surface area (Å²) in [6.45, 7) is 4.79. The molecule has 0 aromatic carbocycles. The van der Waals surface area contributed by atoms with Crippen molar-refractivity contribution in [1.82, 2.24) is 0 Å². The highest BCUT2D eigenvalue weighted by molar-refractivity contribution is 4.57. The van der Waals surface area contributed by atoms with Crippen LogP contribution in [0.3, 0.4) is 0 Å². The molecule has 1 atom stereocenters. The van der Waals surface area contributed by atoms with E-state index >= 15 is 0 Å². The molecule has 9 heavy (non-hydrogen) atoms. The van der Waals surface area contributed by atoms with Crippen LogP contribution in [0, 0.1) is 5.92 Å². The van der Waals surface area contributed by atoms with Gasteiger partial charge in [-0.2, -0.15) is 0 Å². The maximum absolute atomic E-state index is 9.14. The first-order chi connectivity index (χ1) is 4.16. The van der Waals surface area contributed by atoms with E-state index < -0.39 is 0 Å². The highest BCUT2D eigenvalue weighted by Gasteiger charge is 2.03. The molecule has 0 rings (SSSR count). The number of hydrogen-bond acceptors (Lipinski definition) is 2. The maximum Gasteiger partial charge on any atom is 0.0554 e. The molecule has 0 fully saturated rings. The Hall–Kier alpha value is -0.0800. The molecule has 0 heterocycles. The van der Waals surface area contributed by atoms with Crippen LogP contribution in [-0.4, -0.2) is 17.8 Å². The third-order valence-corrected chi connectivity index (χ3v) is 1.24. The first kappa shape index (κ1) is 8.92. The van der Waals surface area contributed by atoms with Gasteiger partial charge in [-0.25, -0.2) is 0 Å². The SMILES string of the molecule is CC(C)C[C@H](O)CCN. The van der Waals surface area contributed by atoms with Crippen LogP contribution in [0.15, 0.2) is 0 Å². The summed E-state index contributed by atoms with van der Waals surface area (Å²) in [5, 5.41) is 9.14. The quantitative estimate of drug-likeness (QED) is 0.591. The molecule has 2 nitrogen and oxygen atoms in total. The van der Waals surface area contributed by atoms with Crippen molar-refractivity contribution in [3.05, 3.63) is 0 Å². The van der Waals surface area contributed by atoms with Crippen molar-refractivity contribution in [2.24, 2.45) is 11.7 Å². The molecule has 0 saturated carbocycles. The Morgan fingerprint density at radius 3 is 2.33 bits per heavy atom. The van der Waals surface area contributed by atoms with E-state index in [1.807, 2.05) is 0 Å². The van der Waals surface area contributed by atoms with E-state index in [0.717, 1.165) is 12.8 Å². The predicted molar refractivity (Wildman–Crippen MR) is 39.1 cm³/mol. The zero-order valence-corrected chi connectivity index (χ0v) is 6.30. The molecular weight excluding hydrogens is 114 g/mol. The Morgan fingerprint density at radius 2 is 2.00 bits per heavy atom. The average molecular weight is 131 g/mol. The average Bonchev–Trinajstić information content (AvgIpc) is 1.63. The fourth-order valence-electron chi connectivity index (χ4n) is 0.854. The molecule has 0 spiro atoms. The second-order valence-corrected chi connectivity index (χ2v) is 2.86. The van der Waals surface area contributed by atoms with Gasteiger partial charge in [0.25, 0.3) is 0 Å². The lowest BCUT2D eigenvalue weighted by Gasteiger charge is -2.10. The molecule has 0 saturated heterocycles. The van der Waals surface area contributed by atoms with Crippen LogP contribution in [0.25, 0.3) is 0 Å². The summed E-state index contributed by atoms with van der Waals surface area (Å²) in [7, 11) is 0. The van der Waals surface area contributed by atoms with Crippen molar-refractivity contribution in [3.8, 4) is 0 Å². The largest absolute Gasteiger partial charge is 0.393 e. The zero-order valence-electron chi connectivity index (χ0n) is 6.30. The maximum atomic E-state index is 9.14. The van der Waals surface area contributed by atoms with E-state index in [1.54, 1.807) is 0 Å². The summed E-state index contributed by atoms with van der Waals surface area (Å²) in [6, 6.07) is 0. The van der Waals surface area contributed by atoms with Crippen molar-refractivity contribution in [2.75, 3.05) is 6.54 Å². The number of aliphatic hydroxyl groups excluding tert-OH is 1. The highest BCUT2D eigenvalue weighted by Crippen LogP contribution is 2.05. The van der Waals surface area contributed by atoms with E-state index in [9.17, 15) is 0 Å². The number of rotatable bonds is 4. The molecular formula is C7H17NO. The highest BCUT2D eigenvalue weighted by atomic mass is 16.3. The minimum atomic E-state index is -0.185.